The molecule has 0 spiro atoms. The van der Waals surface area contributed by atoms with Crippen LogP contribution in [0, 0.1) is 13.8 Å². The average Bonchev–Trinajstić information content (AvgIpc) is 2.56. The van der Waals surface area contributed by atoms with Crippen molar-refractivity contribution in [1.82, 2.24) is 0 Å². The normalized spacial score (nSPS) is 11.9. The molecule has 0 fully saturated rings. The number of rotatable bonds is 5. The molecule has 0 atom stereocenters. The third kappa shape index (κ3) is 3.68. The van der Waals surface area contributed by atoms with Gasteiger partial charge in [0.05, 0.1) is 15.5 Å². The van der Waals surface area contributed by atoms with Crippen LogP contribution in [-0.4, -0.2) is 16.8 Å². The zero-order valence-corrected chi connectivity index (χ0v) is 17.1. The number of hydrogen-bond donors (Lipinski definition) is 0. The lowest BCUT2D eigenvalue weighted by atomic mass is 10.2. The van der Waals surface area contributed by atoms with E-state index >= 15 is 0 Å². The Labute approximate surface area is 156 Å². The van der Waals surface area contributed by atoms with Gasteiger partial charge in [-0.2, -0.15) is 3.71 Å². The van der Waals surface area contributed by atoms with Crippen molar-refractivity contribution < 1.29 is 16.8 Å². The van der Waals surface area contributed by atoms with Gasteiger partial charge in [-0.1, -0.05) is 35.9 Å². The summed E-state index contributed by atoms with van der Waals surface area (Å²) in [5.74, 6) is 0. The van der Waals surface area contributed by atoms with Gasteiger partial charge in [-0.05, 0) is 63.9 Å². The maximum Gasteiger partial charge on any atom is 0.277 e. The smallest absolute Gasteiger partial charge is 0.200 e. The molecule has 0 amide bonds. The molecule has 0 aliphatic heterocycles. The van der Waals surface area contributed by atoms with Crippen LogP contribution in [0.2, 0.25) is 0 Å². The van der Waals surface area contributed by atoms with Crippen LogP contribution >= 0.6 is 0 Å². The Bertz CT molecular complexity index is 1050. The van der Waals surface area contributed by atoms with Gasteiger partial charge in [0, 0.05) is 0 Å². The van der Waals surface area contributed by atoms with Gasteiger partial charge in [-0.3, -0.25) is 0 Å². The number of nitrogens with zero attached hydrogens (tertiary/aromatic N) is 1. The molecule has 0 aliphatic carbocycles. The van der Waals surface area contributed by atoms with Crippen molar-refractivity contribution in [3.63, 3.8) is 0 Å². The van der Waals surface area contributed by atoms with E-state index < -0.39 is 20.0 Å². The quantitative estimate of drug-likeness (QED) is 0.765. The fraction of sp³-hybridized carbons (Fsp3) is 0.263. The lowest BCUT2D eigenvalue weighted by molar-refractivity contribution is 0.586. The highest BCUT2D eigenvalue weighted by molar-refractivity contribution is 8.12. The summed E-state index contributed by atoms with van der Waals surface area (Å²) in [6, 6.07) is 12.8. The number of para-hydroxylation sites is 1. The molecule has 0 heterocycles. The molecular formula is C19H23NO4S2. The summed E-state index contributed by atoms with van der Waals surface area (Å²) in [4.78, 5) is -0.0123. The molecule has 0 aliphatic rings. The second kappa shape index (κ2) is 7.25. The van der Waals surface area contributed by atoms with Gasteiger partial charge in [0.15, 0.2) is 0 Å². The minimum atomic E-state index is -4.33. The lowest BCUT2D eigenvalue weighted by Crippen LogP contribution is -2.38. The van der Waals surface area contributed by atoms with Crippen molar-refractivity contribution in [2.75, 3.05) is 3.71 Å². The first-order valence-electron chi connectivity index (χ1n) is 8.06. The molecule has 0 saturated heterocycles. The zero-order chi connectivity index (χ0) is 19.7. The van der Waals surface area contributed by atoms with Crippen LogP contribution in [-0.2, 0) is 20.0 Å². The first kappa shape index (κ1) is 20.2. The fourth-order valence-electron chi connectivity index (χ4n) is 2.41. The third-order valence-corrected chi connectivity index (χ3v) is 8.77. The summed E-state index contributed by atoms with van der Waals surface area (Å²) < 4.78 is 53.7. The van der Waals surface area contributed by atoms with Gasteiger partial charge in [0.2, 0.25) is 0 Å². The first-order valence-corrected chi connectivity index (χ1v) is 10.9. The summed E-state index contributed by atoms with van der Waals surface area (Å²) in [6.45, 7) is 8.11. The topological polar surface area (TPSA) is 71.5 Å². The molecule has 0 N–H and O–H groups in total. The Morgan fingerprint density at radius 2 is 1.42 bits per heavy atom. The molecule has 0 radical (unpaired) electrons. The van der Waals surface area contributed by atoms with Gasteiger partial charge >= 0.3 is 0 Å². The van der Waals surface area contributed by atoms with Crippen molar-refractivity contribution in [2.24, 2.45) is 0 Å². The number of sulfonamides is 2. The predicted octanol–water partition coefficient (Wildman–Crippen LogP) is 4.14. The number of hydrogen-bond acceptors (Lipinski definition) is 4. The van der Waals surface area contributed by atoms with E-state index in [0.29, 0.717) is 14.8 Å². The lowest BCUT2D eigenvalue weighted by Gasteiger charge is -2.25. The summed E-state index contributed by atoms with van der Waals surface area (Å²) in [7, 11) is -8.60. The Morgan fingerprint density at radius 3 is 1.96 bits per heavy atom. The van der Waals surface area contributed by atoms with E-state index in [-0.39, 0.29) is 15.5 Å². The average molecular weight is 394 g/mol. The van der Waals surface area contributed by atoms with Crippen LogP contribution in [0.15, 0.2) is 63.9 Å². The minimum absolute atomic E-state index is 0.00948. The standard InChI is InChI=1S/C19H23NO4S2/c1-14(2)17(5)25(21,22)20(18-9-7-6-8-10-18)26(23,24)19-13-15(3)11-12-16(19)4/h6-13H,1-5H3. The molecule has 0 aromatic heterocycles. The zero-order valence-electron chi connectivity index (χ0n) is 15.5. The first-order chi connectivity index (χ1) is 12.0. The van der Waals surface area contributed by atoms with Crippen molar-refractivity contribution >= 4 is 25.7 Å². The van der Waals surface area contributed by atoms with Crippen LogP contribution in [0.1, 0.15) is 31.9 Å². The van der Waals surface area contributed by atoms with E-state index in [2.05, 4.69) is 0 Å². The van der Waals surface area contributed by atoms with Crippen molar-refractivity contribution in [2.45, 2.75) is 39.5 Å². The second-order valence-electron chi connectivity index (χ2n) is 6.37. The Morgan fingerprint density at radius 1 is 0.846 bits per heavy atom. The number of benzene rings is 2. The fourth-order valence-corrected chi connectivity index (χ4v) is 6.57. The third-order valence-electron chi connectivity index (χ3n) is 4.12. The van der Waals surface area contributed by atoms with Gasteiger partial charge in [0.1, 0.15) is 0 Å². The van der Waals surface area contributed by atoms with Gasteiger partial charge in [-0.25, -0.2) is 16.8 Å². The second-order valence-corrected chi connectivity index (χ2v) is 10.3. The Kier molecular flexibility index (Phi) is 5.63. The summed E-state index contributed by atoms with van der Waals surface area (Å²) >= 11 is 0. The van der Waals surface area contributed by atoms with E-state index in [1.165, 1.54) is 25.1 Å². The minimum Gasteiger partial charge on any atom is -0.200 e. The van der Waals surface area contributed by atoms with E-state index in [4.69, 9.17) is 0 Å². The molecule has 0 bridgehead atoms. The maximum absolute atomic E-state index is 13.4. The highest BCUT2D eigenvalue weighted by atomic mass is 32.3. The van der Waals surface area contributed by atoms with Gasteiger partial charge < -0.3 is 0 Å². The molecular weight excluding hydrogens is 370 g/mol. The summed E-state index contributed by atoms with van der Waals surface area (Å²) in [5.41, 5.74) is 1.83. The van der Waals surface area contributed by atoms with Gasteiger partial charge in [-0.15, -0.1) is 0 Å². The molecule has 5 nitrogen and oxygen atoms in total. The molecule has 0 saturated carbocycles. The van der Waals surface area contributed by atoms with Crippen LogP contribution in [0.4, 0.5) is 5.69 Å². The Balaban J connectivity index is 2.86. The molecule has 26 heavy (non-hydrogen) atoms. The molecule has 140 valence electrons. The SMILES string of the molecule is CC(C)=C(C)S(=O)(=O)N(c1ccccc1)S(=O)(=O)c1cc(C)ccc1C. The predicted molar refractivity (Wildman–Crippen MR) is 105 cm³/mol. The van der Waals surface area contributed by atoms with Crippen molar-refractivity contribution in [3.8, 4) is 0 Å². The van der Waals surface area contributed by atoms with E-state index in [9.17, 15) is 16.8 Å². The van der Waals surface area contributed by atoms with Crippen molar-refractivity contribution in [1.29, 1.82) is 0 Å². The monoisotopic (exact) mass is 393 g/mol. The van der Waals surface area contributed by atoms with E-state index in [1.54, 1.807) is 58.0 Å². The molecule has 2 aromatic rings. The highest BCUT2D eigenvalue weighted by Gasteiger charge is 2.37. The number of aryl methyl sites for hydroxylation is 2. The van der Waals surface area contributed by atoms with Crippen molar-refractivity contribution in [3.05, 3.63) is 70.1 Å². The molecule has 7 heteroatoms. The number of allylic oxidation sites excluding steroid dienone is 2. The molecule has 2 aromatic carbocycles. The van der Waals surface area contributed by atoms with Gasteiger partial charge in [0.25, 0.3) is 20.0 Å². The molecule has 2 rings (SSSR count). The summed E-state index contributed by atoms with van der Waals surface area (Å²) in [5, 5.41) is 0. The largest absolute Gasteiger partial charge is 0.277 e. The molecule has 0 unspecified atom stereocenters. The summed E-state index contributed by atoms with van der Waals surface area (Å²) in [6.07, 6.45) is 0. The van der Waals surface area contributed by atoms with Crippen LogP contribution in [0.25, 0.3) is 0 Å². The Hall–Kier alpha value is -2.12. The van der Waals surface area contributed by atoms with Crippen LogP contribution < -0.4 is 3.71 Å². The highest BCUT2D eigenvalue weighted by Crippen LogP contribution is 2.32. The van der Waals surface area contributed by atoms with Crippen LogP contribution in [0.5, 0.6) is 0 Å². The van der Waals surface area contributed by atoms with E-state index in [1.807, 2.05) is 0 Å². The van der Waals surface area contributed by atoms with E-state index in [0.717, 1.165) is 5.56 Å². The van der Waals surface area contributed by atoms with Crippen LogP contribution in [0.3, 0.4) is 0 Å². The maximum atomic E-state index is 13.4. The number of anilines is 1.